The molecule has 92 valence electrons. The van der Waals surface area contributed by atoms with Crippen LogP contribution < -0.4 is 0 Å². The van der Waals surface area contributed by atoms with Crippen molar-refractivity contribution >= 4 is 11.9 Å². The van der Waals surface area contributed by atoms with Crippen molar-refractivity contribution in [1.29, 1.82) is 0 Å². The summed E-state index contributed by atoms with van der Waals surface area (Å²) in [6.07, 6.45) is 1.49. The molecule has 1 saturated heterocycles. The van der Waals surface area contributed by atoms with Crippen LogP contribution in [0.2, 0.25) is 0 Å². The Morgan fingerprint density at radius 2 is 2.12 bits per heavy atom. The van der Waals surface area contributed by atoms with Crippen molar-refractivity contribution in [1.82, 2.24) is 14.7 Å². The van der Waals surface area contributed by atoms with E-state index in [1.165, 1.54) is 16.9 Å². The number of carboxylic acids is 1. The maximum atomic E-state index is 11.9. The second-order valence-electron chi connectivity index (χ2n) is 3.70. The lowest BCUT2D eigenvalue weighted by molar-refractivity contribution is -0.137. The summed E-state index contributed by atoms with van der Waals surface area (Å²) >= 11 is 0. The number of morpholine rings is 1. The monoisotopic (exact) mass is 239 g/mol. The lowest BCUT2D eigenvalue weighted by Crippen LogP contribution is -2.40. The molecule has 1 N–H and O–H groups in total. The first kappa shape index (κ1) is 11.6. The number of nitrogens with zero attached hydrogens (tertiary/aromatic N) is 3. The number of ether oxygens (including phenoxy) is 1. The first-order valence-corrected chi connectivity index (χ1v) is 5.29. The second-order valence-corrected chi connectivity index (χ2v) is 3.70. The van der Waals surface area contributed by atoms with E-state index in [0.717, 1.165) is 0 Å². The van der Waals surface area contributed by atoms with Crippen LogP contribution in [0.4, 0.5) is 0 Å². The predicted molar refractivity (Wildman–Crippen MR) is 56.6 cm³/mol. The fraction of sp³-hybridized carbons (Fsp3) is 0.500. The molecule has 0 saturated carbocycles. The van der Waals surface area contributed by atoms with Crippen molar-refractivity contribution in [2.24, 2.45) is 0 Å². The summed E-state index contributed by atoms with van der Waals surface area (Å²) in [5.74, 6) is -1.17. The van der Waals surface area contributed by atoms with Gasteiger partial charge in [-0.3, -0.25) is 14.3 Å². The molecule has 0 bridgehead atoms. The highest BCUT2D eigenvalue weighted by Crippen LogP contribution is 2.05. The first-order chi connectivity index (χ1) is 8.16. The molecule has 17 heavy (non-hydrogen) atoms. The molecule has 1 aliphatic heterocycles. The van der Waals surface area contributed by atoms with E-state index >= 15 is 0 Å². The van der Waals surface area contributed by atoms with Crippen LogP contribution in [0.3, 0.4) is 0 Å². The number of hydrogen-bond acceptors (Lipinski definition) is 4. The number of carbonyl (C=O) groups excluding carboxylic acids is 1. The van der Waals surface area contributed by atoms with E-state index in [4.69, 9.17) is 9.84 Å². The zero-order valence-electron chi connectivity index (χ0n) is 9.20. The summed E-state index contributed by atoms with van der Waals surface area (Å²) in [7, 11) is 0. The molecule has 0 atom stereocenters. The third kappa shape index (κ3) is 2.82. The highest BCUT2D eigenvalue weighted by Gasteiger charge is 2.20. The number of aliphatic carboxylic acids is 1. The molecule has 0 aromatic carbocycles. The van der Waals surface area contributed by atoms with Gasteiger partial charge in [0.15, 0.2) is 0 Å². The Morgan fingerprint density at radius 1 is 1.41 bits per heavy atom. The molecule has 1 fully saturated rings. The van der Waals surface area contributed by atoms with Crippen LogP contribution in [0.15, 0.2) is 12.3 Å². The van der Waals surface area contributed by atoms with Crippen molar-refractivity contribution in [3.8, 4) is 0 Å². The van der Waals surface area contributed by atoms with Gasteiger partial charge >= 0.3 is 5.97 Å². The normalized spacial score (nSPS) is 15.9. The fourth-order valence-corrected chi connectivity index (χ4v) is 1.63. The quantitative estimate of drug-likeness (QED) is 0.764. The highest BCUT2D eigenvalue weighted by atomic mass is 16.5. The molecule has 0 aliphatic carbocycles. The Hall–Kier alpha value is -1.89. The maximum Gasteiger partial charge on any atom is 0.325 e. The number of aromatic nitrogens is 2. The molecular weight excluding hydrogens is 226 g/mol. The number of carboxylic acid groups (broad SMARTS) is 1. The Bertz CT molecular complexity index is 423. The topological polar surface area (TPSA) is 84.7 Å². The van der Waals surface area contributed by atoms with Crippen LogP contribution in [0, 0.1) is 0 Å². The van der Waals surface area contributed by atoms with E-state index in [0.29, 0.717) is 26.3 Å². The van der Waals surface area contributed by atoms with Crippen molar-refractivity contribution in [2.75, 3.05) is 26.3 Å². The van der Waals surface area contributed by atoms with Gasteiger partial charge in [-0.1, -0.05) is 0 Å². The Labute approximate surface area is 97.6 Å². The fourth-order valence-electron chi connectivity index (χ4n) is 1.63. The van der Waals surface area contributed by atoms with Crippen LogP contribution >= 0.6 is 0 Å². The van der Waals surface area contributed by atoms with Crippen molar-refractivity contribution < 1.29 is 19.4 Å². The van der Waals surface area contributed by atoms with Gasteiger partial charge in [-0.15, -0.1) is 0 Å². The van der Waals surface area contributed by atoms with Gasteiger partial charge in [0, 0.05) is 19.3 Å². The third-order valence-corrected chi connectivity index (χ3v) is 2.46. The van der Waals surface area contributed by atoms with Crippen molar-refractivity contribution in [3.05, 3.63) is 18.0 Å². The second kappa shape index (κ2) is 4.96. The summed E-state index contributed by atoms with van der Waals surface area (Å²) in [6, 6.07) is 1.53. The minimum Gasteiger partial charge on any atom is -0.480 e. The smallest absolute Gasteiger partial charge is 0.325 e. The van der Waals surface area contributed by atoms with Gasteiger partial charge in [-0.25, -0.2) is 0 Å². The van der Waals surface area contributed by atoms with Crippen molar-refractivity contribution in [2.45, 2.75) is 6.54 Å². The highest BCUT2D eigenvalue weighted by molar-refractivity contribution is 5.92. The molecule has 1 aromatic rings. The summed E-state index contributed by atoms with van der Waals surface area (Å²) in [6.45, 7) is 1.91. The van der Waals surface area contributed by atoms with E-state index in [1.54, 1.807) is 4.90 Å². The Morgan fingerprint density at radius 3 is 2.76 bits per heavy atom. The van der Waals surface area contributed by atoms with Gasteiger partial charge in [0.2, 0.25) is 0 Å². The van der Waals surface area contributed by atoms with Gasteiger partial charge in [0.25, 0.3) is 5.91 Å². The van der Waals surface area contributed by atoms with Crippen molar-refractivity contribution in [3.63, 3.8) is 0 Å². The van der Waals surface area contributed by atoms with Gasteiger partial charge in [-0.05, 0) is 6.07 Å². The standard InChI is InChI=1S/C10H13N3O4/c14-9(15)7-13-2-1-8(11-13)10(16)12-3-5-17-6-4-12/h1-2H,3-7H2,(H,14,15). The van der Waals surface area contributed by atoms with Crippen LogP contribution in [0.5, 0.6) is 0 Å². The van der Waals surface area contributed by atoms with Crippen LogP contribution in [0.25, 0.3) is 0 Å². The van der Waals surface area contributed by atoms with Gasteiger partial charge in [-0.2, -0.15) is 5.10 Å². The molecule has 2 rings (SSSR count). The average molecular weight is 239 g/mol. The molecular formula is C10H13N3O4. The molecule has 0 unspecified atom stereocenters. The largest absolute Gasteiger partial charge is 0.480 e. The zero-order chi connectivity index (χ0) is 12.3. The summed E-state index contributed by atoms with van der Waals surface area (Å²) < 4.78 is 6.38. The zero-order valence-corrected chi connectivity index (χ0v) is 9.20. The van der Waals surface area contributed by atoms with E-state index in [-0.39, 0.29) is 18.1 Å². The van der Waals surface area contributed by atoms with Crippen LogP contribution in [-0.2, 0) is 16.1 Å². The van der Waals surface area contributed by atoms with Gasteiger partial charge in [0.05, 0.1) is 13.2 Å². The molecule has 0 spiro atoms. The predicted octanol–water partition coefficient (Wildman–Crippen LogP) is -0.560. The molecule has 2 heterocycles. The number of hydrogen-bond donors (Lipinski definition) is 1. The Kier molecular flexibility index (Phi) is 3.38. The number of rotatable bonds is 3. The molecule has 7 heteroatoms. The average Bonchev–Trinajstić information content (AvgIpc) is 2.77. The molecule has 1 aliphatic rings. The minimum atomic E-state index is -0.988. The molecule has 1 aromatic heterocycles. The summed E-state index contributed by atoms with van der Waals surface area (Å²) in [4.78, 5) is 24.1. The van der Waals surface area contributed by atoms with Crippen LogP contribution in [-0.4, -0.2) is 58.0 Å². The lowest BCUT2D eigenvalue weighted by Gasteiger charge is -2.25. The number of amides is 1. The summed E-state index contributed by atoms with van der Waals surface area (Å²) in [5.41, 5.74) is 0.271. The van der Waals surface area contributed by atoms with E-state index < -0.39 is 5.97 Å². The van der Waals surface area contributed by atoms with E-state index in [2.05, 4.69) is 5.10 Å². The van der Waals surface area contributed by atoms with E-state index in [9.17, 15) is 9.59 Å². The summed E-state index contributed by atoms with van der Waals surface area (Å²) in [5, 5.41) is 12.5. The number of carbonyl (C=O) groups is 2. The van der Waals surface area contributed by atoms with Crippen LogP contribution in [0.1, 0.15) is 10.5 Å². The van der Waals surface area contributed by atoms with Gasteiger partial charge in [0.1, 0.15) is 12.2 Å². The Balaban J connectivity index is 2.03. The third-order valence-electron chi connectivity index (χ3n) is 2.46. The lowest BCUT2D eigenvalue weighted by atomic mass is 10.3. The first-order valence-electron chi connectivity index (χ1n) is 5.29. The van der Waals surface area contributed by atoms with Gasteiger partial charge < -0.3 is 14.7 Å². The minimum absolute atomic E-state index is 0.183. The molecule has 7 nitrogen and oxygen atoms in total. The SMILES string of the molecule is O=C(O)Cn1ccc(C(=O)N2CCOCC2)n1. The molecule has 0 radical (unpaired) electrons. The van der Waals surface area contributed by atoms with E-state index in [1.807, 2.05) is 0 Å². The maximum absolute atomic E-state index is 11.9. The molecule has 1 amide bonds.